The quantitative estimate of drug-likeness (QED) is 0.434. The molecule has 1 aromatic rings. The number of nitrogens with zero attached hydrogens (tertiary/aromatic N) is 1. The highest BCUT2D eigenvalue weighted by atomic mass is 79.9. The molecule has 5 heteroatoms. The van der Waals surface area contributed by atoms with Crippen molar-refractivity contribution < 1.29 is 14.3 Å². The van der Waals surface area contributed by atoms with Gasteiger partial charge in [-0.3, -0.25) is 9.69 Å². The van der Waals surface area contributed by atoms with Crippen LogP contribution in [-0.2, 0) is 14.3 Å². The minimum Gasteiger partial charge on any atom is -0.457 e. The van der Waals surface area contributed by atoms with Crippen molar-refractivity contribution in [1.82, 2.24) is 4.90 Å². The minimum absolute atomic E-state index is 0.109. The molecule has 0 unspecified atom stereocenters. The van der Waals surface area contributed by atoms with Gasteiger partial charge in [-0.05, 0) is 36.5 Å². The molecule has 0 amide bonds. The Hall–Kier alpha value is -1.17. The van der Waals surface area contributed by atoms with E-state index in [4.69, 9.17) is 9.47 Å². The SMILES string of the molecule is C=CCOC[C@H]1CN2[C@H](c3ccc(Br)cc3)[C@@H](C)CC[C@H]2C(=O)O1. The molecule has 0 bridgehead atoms. The first-order valence-electron chi connectivity index (χ1n) is 8.50. The van der Waals surface area contributed by atoms with E-state index in [-0.39, 0.29) is 24.2 Å². The van der Waals surface area contributed by atoms with Gasteiger partial charge in [0.15, 0.2) is 0 Å². The van der Waals surface area contributed by atoms with Crippen LogP contribution in [0.1, 0.15) is 31.4 Å². The molecular weight excluding hydrogens is 370 g/mol. The highest BCUT2D eigenvalue weighted by Crippen LogP contribution is 2.41. The van der Waals surface area contributed by atoms with Crippen LogP contribution >= 0.6 is 15.9 Å². The lowest BCUT2D eigenvalue weighted by molar-refractivity contribution is -0.178. The van der Waals surface area contributed by atoms with Crippen molar-refractivity contribution in [3.05, 3.63) is 47.0 Å². The molecule has 1 aromatic carbocycles. The van der Waals surface area contributed by atoms with Crippen molar-refractivity contribution in [1.29, 1.82) is 0 Å². The molecule has 2 aliphatic rings. The summed E-state index contributed by atoms with van der Waals surface area (Å²) in [7, 11) is 0. The Kier molecular flexibility index (Phi) is 5.74. The summed E-state index contributed by atoms with van der Waals surface area (Å²) in [6, 6.07) is 8.54. The number of hydrogen-bond acceptors (Lipinski definition) is 4. The summed E-state index contributed by atoms with van der Waals surface area (Å²) in [6.45, 7) is 7.53. The van der Waals surface area contributed by atoms with E-state index in [1.54, 1.807) is 6.08 Å². The van der Waals surface area contributed by atoms with Crippen LogP contribution < -0.4 is 0 Å². The highest BCUT2D eigenvalue weighted by molar-refractivity contribution is 9.10. The first-order valence-corrected chi connectivity index (χ1v) is 9.29. The lowest BCUT2D eigenvalue weighted by Gasteiger charge is -2.48. The molecule has 0 saturated carbocycles. The maximum Gasteiger partial charge on any atom is 0.323 e. The molecule has 0 N–H and O–H groups in total. The number of carbonyl (C=O) groups excluding carboxylic acids is 1. The number of ether oxygens (including phenoxy) is 2. The Morgan fingerprint density at radius 1 is 1.38 bits per heavy atom. The number of piperidine rings is 1. The largest absolute Gasteiger partial charge is 0.457 e. The van der Waals surface area contributed by atoms with Crippen LogP contribution in [0, 0.1) is 5.92 Å². The third-order valence-corrected chi connectivity index (χ3v) is 5.44. The molecule has 2 fully saturated rings. The molecule has 0 radical (unpaired) electrons. The summed E-state index contributed by atoms with van der Waals surface area (Å²) in [5.41, 5.74) is 1.26. The Morgan fingerprint density at radius 3 is 2.83 bits per heavy atom. The third kappa shape index (κ3) is 3.73. The van der Waals surface area contributed by atoms with E-state index >= 15 is 0 Å². The molecule has 0 aromatic heterocycles. The Labute approximate surface area is 151 Å². The molecule has 0 spiro atoms. The number of hydrogen-bond donors (Lipinski definition) is 0. The third-order valence-electron chi connectivity index (χ3n) is 4.91. The smallest absolute Gasteiger partial charge is 0.323 e. The van der Waals surface area contributed by atoms with Gasteiger partial charge in [-0.2, -0.15) is 0 Å². The maximum absolute atomic E-state index is 12.5. The van der Waals surface area contributed by atoms with Gasteiger partial charge in [0.25, 0.3) is 0 Å². The normalized spacial score (nSPS) is 30.5. The van der Waals surface area contributed by atoms with Crippen molar-refractivity contribution in [3.8, 4) is 0 Å². The van der Waals surface area contributed by atoms with E-state index in [0.717, 1.165) is 23.9 Å². The van der Waals surface area contributed by atoms with E-state index in [0.29, 0.717) is 19.1 Å². The zero-order valence-corrected chi connectivity index (χ0v) is 15.6. The standard InChI is InChI=1S/C19H24BrNO3/c1-3-10-23-12-16-11-21-17(19(22)24-16)9-4-13(2)18(21)14-5-7-15(20)8-6-14/h3,5-8,13,16-18H,1,4,9-12H2,2H3/t13-,16+,17-,18-/m0/s1. The fourth-order valence-electron chi connectivity index (χ4n) is 3.82. The number of halogens is 1. The van der Waals surface area contributed by atoms with E-state index in [2.05, 4.69) is 58.6 Å². The summed E-state index contributed by atoms with van der Waals surface area (Å²) in [5, 5.41) is 0. The number of esters is 1. The number of rotatable bonds is 5. The van der Waals surface area contributed by atoms with Crippen LogP contribution in [0.4, 0.5) is 0 Å². The van der Waals surface area contributed by atoms with Crippen LogP contribution in [0.15, 0.2) is 41.4 Å². The highest BCUT2D eigenvalue weighted by Gasteiger charge is 2.45. The summed E-state index contributed by atoms with van der Waals surface area (Å²) >= 11 is 3.50. The second-order valence-corrected chi connectivity index (χ2v) is 7.56. The zero-order valence-electron chi connectivity index (χ0n) is 14.0. The van der Waals surface area contributed by atoms with Gasteiger partial charge in [0.1, 0.15) is 12.1 Å². The molecule has 2 heterocycles. The number of fused-ring (bicyclic) bond motifs is 1. The van der Waals surface area contributed by atoms with Crippen LogP contribution in [-0.4, -0.2) is 42.8 Å². The van der Waals surface area contributed by atoms with Crippen molar-refractivity contribution in [2.75, 3.05) is 19.8 Å². The van der Waals surface area contributed by atoms with Gasteiger partial charge in [0.05, 0.1) is 13.2 Å². The van der Waals surface area contributed by atoms with Crippen LogP contribution in [0.2, 0.25) is 0 Å². The lowest BCUT2D eigenvalue weighted by Crippen LogP contribution is -2.58. The van der Waals surface area contributed by atoms with Crippen molar-refractivity contribution >= 4 is 21.9 Å². The first-order chi connectivity index (χ1) is 11.6. The van der Waals surface area contributed by atoms with Crippen LogP contribution in [0.3, 0.4) is 0 Å². The molecule has 24 heavy (non-hydrogen) atoms. The summed E-state index contributed by atoms with van der Waals surface area (Å²) in [5.74, 6) is 0.394. The number of morpholine rings is 1. The van der Waals surface area contributed by atoms with E-state index < -0.39 is 0 Å². The van der Waals surface area contributed by atoms with Gasteiger partial charge in [-0.15, -0.1) is 6.58 Å². The second-order valence-electron chi connectivity index (χ2n) is 6.65. The maximum atomic E-state index is 12.5. The number of benzene rings is 1. The number of carbonyl (C=O) groups is 1. The monoisotopic (exact) mass is 393 g/mol. The van der Waals surface area contributed by atoms with Crippen molar-refractivity contribution in [2.24, 2.45) is 5.92 Å². The molecule has 2 aliphatic heterocycles. The van der Waals surface area contributed by atoms with Gasteiger partial charge >= 0.3 is 5.97 Å². The molecule has 0 aliphatic carbocycles. The fourth-order valence-corrected chi connectivity index (χ4v) is 4.09. The molecule has 130 valence electrons. The summed E-state index contributed by atoms with van der Waals surface area (Å²) in [6.07, 6.45) is 3.40. The average Bonchev–Trinajstić information content (AvgIpc) is 2.56. The molecule has 4 nitrogen and oxygen atoms in total. The second kappa shape index (κ2) is 7.81. The van der Waals surface area contributed by atoms with E-state index in [1.807, 2.05) is 0 Å². The fraction of sp³-hybridized carbons (Fsp3) is 0.526. The lowest BCUT2D eigenvalue weighted by atomic mass is 9.82. The van der Waals surface area contributed by atoms with Gasteiger partial charge < -0.3 is 9.47 Å². The molecule has 4 atom stereocenters. The Bertz CT molecular complexity index is 589. The zero-order chi connectivity index (χ0) is 17.1. The van der Waals surface area contributed by atoms with Crippen molar-refractivity contribution in [3.63, 3.8) is 0 Å². The van der Waals surface area contributed by atoms with Gasteiger partial charge in [-0.1, -0.05) is 41.1 Å². The Morgan fingerprint density at radius 2 is 2.12 bits per heavy atom. The average molecular weight is 394 g/mol. The molecular formula is C19H24BrNO3. The predicted molar refractivity (Wildman–Crippen MR) is 96.7 cm³/mol. The predicted octanol–water partition coefficient (Wildman–Crippen LogP) is 3.72. The first kappa shape index (κ1) is 17.6. The Balaban J connectivity index is 1.80. The van der Waals surface area contributed by atoms with Crippen LogP contribution in [0.5, 0.6) is 0 Å². The van der Waals surface area contributed by atoms with Crippen molar-refractivity contribution in [2.45, 2.75) is 38.0 Å². The topological polar surface area (TPSA) is 38.8 Å². The summed E-state index contributed by atoms with van der Waals surface area (Å²) < 4.78 is 12.2. The minimum atomic E-state index is -0.211. The van der Waals surface area contributed by atoms with Gasteiger partial charge in [0, 0.05) is 17.1 Å². The van der Waals surface area contributed by atoms with E-state index in [9.17, 15) is 4.79 Å². The van der Waals surface area contributed by atoms with Gasteiger partial charge in [0.2, 0.25) is 0 Å². The number of cyclic esters (lactones) is 1. The molecule has 2 saturated heterocycles. The van der Waals surface area contributed by atoms with E-state index in [1.165, 1.54) is 5.56 Å². The van der Waals surface area contributed by atoms with Crippen LogP contribution in [0.25, 0.3) is 0 Å². The summed E-state index contributed by atoms with van der Waals surface area (Å²) in [4.78, 5) is 14.8. The molecule has 3 rings (SSSR count). The van der Waals surface area contributed by atoms with Gasteiger partial charge in [-0.25, -0.2) is 0 Å².